The van der Waals surface area contributed by atoms with Crippen LogP contribution in [-0.2, 0) is 4.74 Å². The van der Waals surface area contributed by atoms with Crippen molar-refractivity contribution in [3.8, 4) is 5.75 Å². The van der Waals surface area contributed by atoms with Gasteiger partial charge in [0.15, 0.2) is 5.76 Å². The van der Waals surface area contributed by atoms with Gasteiger partial charge in [-0.05, 0) is 49.4 Å². The second kappa shape index (κ2) is 12.1. The normalized spacial score (nSPS) is 9.97. The molecule has 0 fully saturated rings. The van der Waals surface area contributed by atoms with Gasteiger partial charge in [-0.3, -0.25) is 15.6 Å². The quantitative estimate of drug-likeness (QED) is 0.311. The summed E-state index contributed by atoms with van der Waals surface area (Å²) in [6, 6.07) is 11.4. The van der Waals surface area contributed by atoms with Crippen molar-refractivity contribution in [2.45, 2.75) is 20.8 Å². The Morgan fingerprint density at radius 1 is 1.09 bits per heavy atom. The monoisotopic (exact) mass is 457 g/mol. The molecule has 0 spiro atoms. The first kappa shape index (κ1) is 25.3. The summed E-state index contributed by atoms with van der Waals surface area (Å²) in [5, 5.41) is 18.3. The van der Waals surface area contributed by atoms with Crippen LogP contribution in [0, 0.1) is 23.6 Å². The highest BCUT2D eigenvalue weighted by atomic mass is 19.1. The Balaban J connectivity index is 0.00000187. The van der Waals surface area contributed by atoms with E-state index in [-0.39, 0.29) is 40.8 Å². The highest BCUT2D eigenvalue weighted by molar-refractivity contribution is 6.08. The van der Waals surface area contributed by atoms with Gasteiger partial charge in [-0.25, -0.2) is 8.78 Å². The standard InChI is InChI=1S/C22H19F2N3O4.C2H6/c1-13-4-7-18(30-10-8-23)15(11-13)22(28)27-17-12-14(5-6-16(17)24)20(25)31-21(26)19-3-2-9-29-19;1-2/h2-7,9,11-12,25-26H,8,10H2,1H3,(H,27,28);1-2H3. The van der Waals surface area contributed by atoms with Crippen LogP contribution in [0.15, 0.2) is 59.2 Å². The molecule has 0 atom stereocenters. The average molecular weight is 457 g/mol. The van der Waals surface area contributed by atoms with Crippen LogP contribution in [0.3, 0.4) is 0 Å². The number of ether oxygens (including phenoxy) is 2. The fourth-order valence-corrected chi connectivity index (χ4v) is 2.67. The first-order valence-corrected chi connectivity index (χ1v) is 10.2. The van der Waals surface area contributed by atoms with Crippen LogP contribution in [-0.4, -0.2) is 31.0 Å². The van der Waals surface area contributed by atoms with Crippen LogP contribution in [0.25, 0.3) is 0 Å². The highest BCUT2D eigenvalue weighted by Crippen LogP contribution is 2.24. The Morgan fingerprint density at radius 2 is 1.85 bits per heavy atom. The summed E-state index contributed by atoms with van der Waals surface area (Å²) in [5.41, 5.74) is 0.812. The van der Waals surface area contributed by atoms with E-state index in [2.05, 4.69) is 5.32 Å². The summed E-state index contributed by atoms with van der Waals surface area (Å²) in [7, 11) is 0. The van der Waals surface area contributed by atoms with Crippen molar-refractivity contribution in [1.29, 1.82) is 10.8 Å². The van der Waals surface area contributed by atoms with Crippen molar-refractivity contribution in [2.75, 3.05) is 18.6 Å². The van der Waals surface area contributed by atoms with E-state index in [1.54, 1.807) is 25.1 Å². The SMILES string of the molecule is CC.Cc1ccc(OCCF)c(C(=O)Nc2cc(C(=N)OC(=N)c3ccco3)ccc2F)c1. The Bertz CT molecular complexity index is 1110. The Labute approximate surface area is 190 Å². The van der Waals surface area contributed by atoms with Crippen molar-refractivity contribution in [3.05, 3.63) is 83.1 Å². The molecule has 7 nitrogen and oxygen atoms in total. The van der Waals surface area contributed by atoms with E-state index in [0.29, 0.717) is 0 Å². The number of hydrogen-bond donors (Lipinski definition) is 3. The van der Waals surface area contributed by atoms with E-state index < -0.39 is 24.3 Å². The molecule has 1 heterocycles. The van der Waals surface area contributed by atoms with Gasteiger partial charge >= 0.3 is 0 Å². The molecular weight excluding hydrogens is 432 g/mol. The van der Waals surface area contributed by atoms with Gasteiger partial charge in [0, 0.05) is 5.56 Å². The van der Waals surface area contributed by atoms with E-state index in [0.717, 1.165) is 11.6 Å². The number of alkyl halides is 1. The summed E-state index contributed by atoms with van der Waals surface area (Å²) in [4.78, 5) is 12.7. The number of rotatable bonds is 7. The molecule has 0 aliphatic heterocycles. The van der Waals surface area contributed by atoms with E-state index in [4.69, 9.17) is 24.7 Å². The van der Waals surface area contributed by atoms with Crippen LogP contribution >= 0.6 is 0 Å². The average Bonchev–Trinajstić information content (AvgIpc) is 3.36. The van der Waals surface area contributed by atoms with Crippen molar-refractivity contribution < 1.29 is 27.5 Å². The summed E-state index contributed by atoms with van der Waals surface area (Å²) < 4.78 is 42.2. The molecule has 3 rings (SSSR count). The number of benzene rings is 2. The van der Waals surface area contributed by atoms with Crippen molar-refractivity contribution in [1.82, 2.24) is 0 Å². The molecule has 33 heavy (non-hydrogen) atoms. The van der Waals surface area contributed by atoms with Crippen LogP contribution in [0.1, 0.15) is 41.1 Å². The zero-order valence-electron chi connectivity index (χ0n) is 18.5. The molecule has 0 saturated heterocycles. The number of furan rings is 1. The largest absolute Gasteiger partial charge is 0.490 e. The third kappa shape index (κ3) is 6.73. The van der Waals surface area contributed by atoms with Crippen LogP contribution in [0.4, 0.5) is 14.5 Å². The number of nitrogens with one attached hydrogen (secondary N) is 3. The fraction of sp³-hybridized carbons (Fsp3) is 0.208. The predicted molar refractivity (Wildman–Crippen MR) is 122 cm³/mol. The smallest absolute Gasteiger partial charge is 0.259 e. The van der Waals surface area contributed by atoms with Crippen molar-refractivity contribution in [2.24, 2.45) is 0 Å². The molecule has 0 bridgehead atoms. The Hall–Kier alpha value is -4.01. The predicted octanol–water partition coefficient (Wildman–Crippen LogP) is 5.72. The Kier molecular flexibility index (Phi) is 9.29. The lowest BCUT2D eigenvalue weighted by atomic mass is 10.1. The number of aryl methyl sites for hydroxylation is 1. The van der Waals surface area contributed by atoms with Gasteiger partial charge in [-0.2, -0.15) is 0 Å². The molecule has 0 unspecified atom stereocenters. The maximum atomic E-state index is 14.3. The number of amides is 1. The van der Waals surface area contributed by atoms with Crippen LogP contribution < -0.4 is 10.1 Å². The number of carbonyl (C=O) groups excluding carboxylic acids is 1. The second-order valence-corrected chi connectivity index (χ2v) is 6.42. The number of hydrogen-bond acceptors (Lipinski definition) is 6. The van der Waals surface area contributed by atoms with E-state index in [9.17, 15) is 13.6 Å². The third-order valence-electron chi connectivity index (χ3n) is 4.14. The Morgan fingerprint density at radius 3 is 2.52 bits per heavy atom. The third-order valence-corrected chi connectivity index (χ3v) is 4.14. The topological polar surface area (TPSA) is 108 Å². The van der Waals surface area contributed by atoms with Gasteiger partial charge in [-0.1, -0.05) is 25.5 Å². The second-order valence-electron chi connectivity index (χ2n) is 6.42. The minimum absolute atomic E-state index is 0.115. The minimum Gasteiger partial charge on any atom is -0.490 e. The van der Waals surface area contributed by atoms with E-state index in [1.807, 2.05) is 13.8 Å². The maximum absolute atomic E-state index is 14.3. The summed E-state index contributed by atoms with van der Waals surface area (Å²) >= 11 is 0. The van der Waals surface area contributed by atoms with Gasteiger partial charge in [0.1, 0.15) is 24.8 Å². The summed E-state index contributed by atoms with van der Waals surface area (Å²) in [5.74, 6) is -1.92. The van der Waals surface area contributed by atoms with Gasteiger partial charge in [0.2, 0.25) is 5.90 Å². The molecule has 3 N–H and O–H groups in total. The molecule has 0 aliphatic carbocycles. The first-order valence-electron chi connectivity index (χ1n) is 10.2. The van der Waals surface area contributed by atoms with Crippen LogP contribution in [0.5, 0.6) is 5.75 Å². The van der Waals surface area contributed by atoms with Gasteiger partial charge < -0.3 is 19.2 Å². The molecule has 174 valence electrons. The van der Waals surface area contributed by atoms with Gasteiger partial charge in [0.25, 0.3) is 11.8 Å². The molecule has 1 aromatic heterocycles. The maximum Gasteiger partial charge on any atom is 0.259 e. The highest BCUT2D eigenvalue weighted by Gasteiger charge is 2.17. The summed E-state index contributed by atoms with van der Waals surface area (Å²) in [6.07, 6.45) is 1.36. The lowest BCUT2D eigenvalue weighted by molar-refractivity contribution is 0.102. The number of anilines is 1. The first-order chi connectivity index (χ1) is 15.9. The van der Waals surface area contributed by atoms with Crippen molar-refractivity contribution in [3.63, 3.8) is 0 Å². The molecule has 0 aliphatic rings. The molecule has 0 radical (unpaired) electrons. The molecular formula is C24H25F2N3O4. The molecule has 2 aromatic carbocycles. The minimum atomic E-state index is -0.732. The lowest BCUT2D eigenvalue weighted by Gasteiger charge is -2.13. The van der Waals surface area contributed by atoms with Gasteiger partial charge in [0.05, 0.1) is 17.5 Å². The van der Waals surface area contributed by atoms with Gasteiger partial charge in [-0.15, -0.1) is 0 Å². The molecule has 0 saturated carbocycles. The van der Waals surface area contributed by atoms with Crippen LogP contribution in [0.2, 0.25) is 0 Å². The number of carbonyl (C=O) groups is 1. The summed E-state index contributed by atoms with van der Waals surface area (Å²) in [6.45, 7) is 4.83. The number of halogens is 2. The molecule has 9 heteroatoms. The van der Waals surface area contributed by atoms with E-state index in [1.165, 1.54) is 30.5 Å². The zero-order valence-corrected chi connectivity index (χ0v) is 18.5. The van der Waals surface area contributed by atoms with Crippen molar-refractivity contribution >= 4 is 23.4 Å². The van der Waals surface area contributed by atoms with E-state index >= 15 is 0 Å². The molecule has 3 aromatic rings. The lowest BCUT2D eigenvalue weighted by Crippen LogP contribution is -2.17. The molecule has 1 amide bonds. The fourth-order valence-electron chi connectivity index (χ4n) is 2.67. The zero-order chi connectivity index (χ0) is 24.4.